The van der Waals surface area contributed by atoms with Crippen LogP contribution in [0.5, 0.6) is 0 Å². The third kappa shape index (κ3) is 4.76. The van der Waals surface area contributed by atoms with Crippen LogP contribution in [0.15, 0.2) is 12.2 Å². The Balaban J connectivity index is 1.40. The highest BCUT2D eigenvalue weighted by Crippen LogP contribution is 2.38. The van der Waals surface area contributed by atoms with Gasteiger partial charge in [0.15, 0.2) is 6.29 Å². The molecule has 0 atom stereocenters. The zero-order valence-corrected chi connectivity index (χ0v) is 14.2. The minimum Gasteiger partial charge on any atom is -0.352 e. The highest BCUT2D eigenvalue weighted by molar-refractivity contribution is 4.92. The molecule has 0 unspecified atom stereocenters. The van der Waals surface area contributed by atoms with Crippen LogP contribution >= 0.6 is 0 Å². The van der Waals surface area contributed by atoms with Crippen LogP contribution in [-0.2, 0) is 9.47 Å². The lowest BCUT2D eigenvalue weighted by atomic mass is 9.76. The molecule has 3 aliphatic rings. The topological polar surface area (TPSA) is 18.5 Å². The maximum absolute atomic E-state index is 12.3. The molecule has 0 bridgehead atoms. The van der Waals surface area contributed by atoms with E-state index in [1.54, 1.807) is 0 Å². The van der Waals surface area contributed by atoms with Gasteiger partial charge in [0.05, 0.1) is 13.2 Å². The summed E-state index contributed by atoms with van der Waals surface area (Å²) in [5.74, 6) is 2.52. The highest BCUT2D eigenvalue weighted by atomic mass is 19.3. The van der Waals surface area contributed by atoms with Gasteiger partial charge >= 0.3 is 0 Å². The molecule has 2 nitrogen and oxygen atoms in total. The fourth-order valence-electron chi connectivity index (χ4n) is 4.60. The Bertz CT molecular complexity index is 384. The van der Waals surface area contributed by atoms with E-state index in [2.05, 4.69) is 6.92 Å². The maximum Gasteiger partial charge on any atom is 0.266 e. The van der Waals surface area contributed by atoms with Gasteiger partial charge in [-0.15, -0.1) is 0 Å². The summed E-state index contributed by atoms with van der Waals surface area (Å²) in [7, 11) is 0. The predicted octanol–water partition coefficient (Wildman–Crippen LogP) is 5.39. The van der Waals surface area contributed by atoms with Crippen LogP contribution in [0.1, 0.15) is 58.3 Å². The third-order valence-corrected chi connectivity index (χ3v) is 6.24. The van der Waals surface area contributed by atoms with Crippen molar-refractivity contribution in [1.82, 2.24) is 0 Å². The summed E-state index contributed by atoms with van der Waals surface area (Å²) in [6, 6.07) is 0. The molecule has 0 aromatic rings. The first-order chi connectivity index (χ1) is 11.1. The van der Waals surface area contributed by atoms with Gasteiger partial charge in [-0.1, -0.05) is 19.8 Å². The van der Waals surface area contributed by atoms with Gasteiger partial charge < -0.3 is 9.47 Å². The van der Waals surface area contributed by atoms with Crippen molar-refractivity contribution in [1.29, 1.82) is 0 Å². The highest BCUT2D eigenvalue weighted by Gasteiger charge is 2.35. The molecule has 3 rings (SSSR count). The first kappa shape index (κ1) is 17.3. The van der Waals surface area contributed by atoms with Crippen molar-refractivity contribution < 1.29 is 18.3 Å². The molecule has 2 saturated carbocycles. The van der Waals surface area contributed by atoms with Gasteiger partial charge in [-0.2, -0.15) is 8.78 Å². The first-order valence-electron chi connectivity index (χ1n) is 9.38. The fraction of sp³-hybridized carbons (Fsp3) is 0.895. The Hall–Kier alpha value is -0.480. The minimum atomic E-state index is -1.53. The number of halogens is 2. The Morgan fingerprint density at radius 2 is 1.35 bits per heavy atom. The molecule has 23 heavy (non-hydrogen) atoms. The molecule has 0 spiro atoms. The quantitative estimate of drug-likeness (QED) is 0.691. The summed E-state index contributed by atoms with van der Waals surface area (Å²) < 4.78 is 36.8. The van der Waals surface area contributed by atoms with E-state index < -0.39 is 6.08 Å². The Kier molecular flexibility index (Phi) is 6.08. The zero-order valence-electron chi connectivity index (χ0n) is 14.2. The monoisotopic (exact) mass is 328 g/mol. The molecule has 1 aliphatic heterocycles. The van der Waals surface area contributed by atoms with Gasteiger partial charge in [0.25, 0.3) is 6.08 Å². The van der Waals surface area contributed by atoms with E-state index in [0.717, 1.165) is 50.9 Å². The molecule has 4 heteroatoms. The van der Waals surface area contributed by atoms with Gasteiger partial charge in [-0.25, -0.2) is 0 Å². The standard InChI is InChI=1S/C19H30F2O2/c1-13-2-6-16(7-3-13)19-22-11-17(12-23-19)15-8-4-14(5-9-15)10-18(20)21/h10,13-17,19H,2-9,11-12H2,1H3. The SMILES string of the molecule is CC1CCC(C2OCC(C3CCC(C=C(F)F)CC3)CO2)CC1. The third-order valence-electron chi connectivity index (χ3n) is 6.24. The van der Waals surface area contributed by atoms with Gasteiger partial charge in [0, 0.05) is 11.8 Å². The van der Waals surface area contributed by atoms with Crippen LogP contribution < -0.4 is 0 Å². The van der Waals surface area contributed by atoms with Crippen molar-refractivity contribution in [2.24, 2.45) is 29.6 Å². The van der Waals surface area contributed by atoms with Crippen LogP contribution in [0, 0.1) is 29.6 Å². The number of rotatable bonds is 3. The summed E-state index contributed by atoms with van der Waals surface area (Å²) in [5, 5.41) is 0. The molecular formula is C19H30F2O2. The van der Waals surface area contributed by atoms with E-state index >= 15 is 0 Å². The molecule has 2 aliphatic carbocycles. The summed E-state index contributed by atoms with van der Waals surface area (Å²) in [6.45, 7) is 3.91. The first-order valence-corrected chi connectivity index (χ1v) is 9.38. The molecule has 1 saturated heterocycles. The summed E-state index contributed by atoms with van der Waals surface area (Å²) >= 11 is 0. The lowest BCUT2D eigenvalue weighted by Crippen LogP contribution is -2.41. The average molecular weight is 328 g/mol. The molecule has 0 N–H and O–H groups in total. The van der Waals surface area contributed by atoms with E-state index in [-0.39, 0.29) is 12.2 Å². The van der Waals surface area contributed by atoms with Crippen LogP contribution in [0.25, 0.3) is 0 Å². The smallest absolute Gasteiger partial charge is 0.266 e. The molecular weight excluding hydrogens is 298 g/mol. The maximum atomic E-state index is 12.3. The summed E-state index contributed by atoms with van der Waals surface area (Å²) in [6.07, 6.45) is 8.45. The lowest BCUT2D eigenvalue weighted by molar-refractivity contribution is -0.236. The molecule has 0 aromatic carbocycles. The number of ether oxygens (including phenoxy) is 2. The van der Waals surface area contributed by atoms with Gasteiger partial charge in [-0.05, 0) is 62.4 Å². The lowest BCUT2D eigenvalue weighted by Gasteiger charge is -2.40. The largest absolute Gasteiger partial charge is 0.352 e. The second-order valence-corrected chi connectivity index (χ2v) is 7.95. The predicted molar refractivity (Wildman–Crippen MR) is 86.1 cm³/mol. The molecule has 3 fully saturated rings. The number of allylic oxidation sites excluding steroid dienone is 1. The Labute approximate surface area is 138 Å². The van der Waals surface area contributed by atoms with Crippen LogP contribution in [0.2, 0.25) is 0 Å². The van der Waals surface area contributed by atoms with Crippen molar-refractivity contribution in [3.8, 4) is 0 Å². The van der Waals surface area contributed by atoms with E-state index in [1.807, 2.05) is 0 Å². The van der Waals surface area contributed by atoms with Crippen LogP contribution in [0.4, 0.5) is 8.78 Å². The van der Waals surface area contributed by atoms with Gasteiger partial charge in [0.2, 0.25) is 0 Å². The number of hydrogen-bond donors (Lipinski definition) is 0. The van der Waals surface area contributed by atoms with Crippen molar-refractivity contribution in [2.45, 2.75) is 64.6 Å². The fourth-order valence-corrected chi connectivity index (χ4v) is 4.60. The molecule has 0 radical (unpaired) electrons. The molecule has 1 heterocycles. The number of hydrogen-bond acceptors (Lipinski definition) is 2. The van der Waals surface area contributed by atoms with E-state index in [1.165, 1.54) is 25.7 Å². The van der Waals surface area contributed by atoms with E-state index in [9.17, 15) is 8.78 Å². The summed E-state index contributed by atoms with van der Waals surface area (Å²) in [5.41, 5.74) is 0. The van der Waals surface area contributed by atoms with Gasteiger partial charge in [0.1, 0.15) is 0 Å². The van der Waals surface area contributed by atoms with Crippen molar-refractivity contribution >= 4 is 0 Å². The second-order valence-electron chi connectivity index (χ2n) is 7.95. The van der Waals surface area contributed by atoms with Crippen LogP contribution in [-0.4, -0.2) is 19.5 Å². The molecule has 0 amide bonds. The normalized spacial score (nSPS) is 42.2. The van der Waals surface area contributed by atoms with Crippen molar-refractivity contribution in [2.75, 3.05) is 13.2 Å². The molecule has 132 valence electrons. The zero-order chi connectivity index (χ0) is 16.2. The van der Waals surface area contributed by atoms with Crippen molar-refractivity contribution in [3.63, 3.8) is 0 Å². The van der Waals surface area contributed by atoms with Crippen molar-refractivity contribution in [3.05, 3.63) is 12.2 Å². The minimum absolute atomic E-state index is 0.00124. The molecule has 0 aromatic heterocycles. The van der Waals surface area contributed by atoms with Crippen LogP contribution in [0.3, 0.4) is 0 Å². The second kappa shape index (κ2) is 8.06. The average Bonchev–Trinajstić information content (AvgIpc) is 2.56. The van der Waals surface area contributed by atoms with Gasteiger partial charge in [-0.3, -0.25) is 0 Å². The van der Waals surface area contributed by atoms with E-state index in [4.69, 9.17) is 9.47 Å². The summed E-state index contributed by atoms with van der Waals surface area (Å²) in [4.78, 5) is 0. The Morgan fingerprint density at radius 3 is 1.91 bits per heavy atom. The Morgan fingerprint density at radius 1 is 0.783 bits per heavy atom. The van der Waals surface area contributed by atoms with E-state index in [0.29, 0.717) is 17.8 Å².